The monoisotopic (exact) mass is 403 g/mol. The largest absolute Gasteiger partial charge is 0.381 e. The molecule has 4 rings (SSSR count). The number of halogens is 1. The third-order valence-electron chi connectivity index (χ3n) is 5.37. The molecule has 1 aliphatic carbocycles. The molecule has 1 fully saturated rings. The summed E-state index contributed by atoms with van der Waals surface area (Å²) in [5, 5.41) is 8.14. The number of aromatic nitrogens is 2. The lowest BCUT2D eigenvalue weighted by molar-refractivity contribution is 0.0187. The Morgan fingerprint density at radius 1 is 1.32 bits per heavy atom. The first kappa shape index (κ1) is 18.8. The van der Waals surface area contributed by atoms with Crippen molar-refractivity contribution in [2.75, 3.05) is 13.7 Å². The number of nitrogens with zero attached hydrogens (tertiary/aromatic N) is 3. The summed E-state index contributed by atoms with van der Waals surface area (Å²) in [5.74, 6) is -0.569. The number of benzene rings is 1. The van der Waals surface area contributed by atoms with Gasteiger partial charge in [-0.3, -0.25) is 9.48 Å². The number of ether oxygens (including phenoxy) is 1. The Hall–Kier alpha value is -2.58. The zero-order valence-electron chi connectivity index (χ0n) is 15.5. The van der Waals surface area contributed by atoms with Gasteiger partial charge in [-0.2, -0.15) is 5.10 Å². The quantitative estimate of drug-likeness (QED) is 0.814. The summed E-state index contributed by atoms with van der Waals surface area (Å²) in [5.41, 5.74) is 7.86. The van der Waals surface area contributed by atoms with Crippen LogP contribution in [0.1, 0.15) is 28.9 Å². The average molecular weight is 404 g/mol. The van der Waals surface area contributed by atoms with Crippen LogP contribution in [0.15, 0.2) is 24.3 Å². The van der Waals surface area contributed by atoms with E-state index >= 15 is 0 Å². The lowest BCUT2D eigenvalue weighted by Gasteiger charge is -2.37. The molecule has 0 atom stereocenters. The van der Waals surface area contributed by atoms with Crippen LogP contribution in [0.4, 0.5) is 4.79 Å². The maximum absolute atomic E-state index is 12.6. The van der Waals surface area contributed by atoms with Gasteiger partial charge < -0.3 is 20.7 Å². The van der Waals surface area contributed by atoms with E-state index in [0.717, 1.165) is 18.4 Å². The highest BCUT2D eigenvalue weighted by molar-refractivity contribution is 6.30. The number of amides is 3. The minimum atomic E-state index is -0.569. The number of hydrogen-bond donors (Lipinski definition) is 2. The molecule has 1 aliphatic heterocycles. The Balaban J connectivity index is 1.56. The van der Waals surface area contributed by atoms with Gasteiger partial charge in [0.2, 0.25) is 0 Å². The molecule has 0 bridgehead atoms. The topological polar surface area (TPSA) is 102 Å². The van der Waals surface area contributed by atoms with Crippen molar-refractivity contribution < 1.29 is 14.3 Å². The van der Waals surface area contributed by atoms with E-state index in [9.17, 15) is 9.59 Å². The van der Waals surface area contributed by atoms with E-state index in [4.69, 9.17) is 22.1 Å². The predicted octanol–water partition coefficient (Wildman–Crippen LogP) is 2.00. The summed E-state index contributed by atoms with van der Waals surface area (Å²) in [7, 11) is 1.68. The van der Waals surface area contributed by atoms with Crippen LogP contribution in [-0.2, 0) is 17.8 Å². The van der Waals surface area contributed by atoms with Gasteiger partial charge >= 0.3 is 6.03 Å². The minimum absolute atomic E-state index is 0.127. The van der Waals surface area contributed by atoms with Gasteiger partial charge in [-0.1, -0.05) is 23.7 Å². The molecular formula is C19H22ClN5O3. The highest BCUT2D eigenvalue weighted by Gasteiger charge is 2.34. The Bertz CT molecular complexity index is 922. The van der Waals surface area contributed by atoms with Gasteiger partial charge in [0.15, 0.2) is 0 Å². The van der Waals surface area contributed by atoms with E-state index in [0.29, 0.717) is 35.1 Å². The molecule has 1 aromatic heterocycles. The molecule has 0 radical (unpaired) electrons. The maximum atomic E-state index is 12.6. The molecule has 9 heteroatoms. The van der Waals surface area contributed by atoms with E-state index < -0.39 is 5.91 Å². The number of urea groups is 1. The van der Waals surface area contributed by atoms with Crippen LogP contribution in [0.2, 0.25) is 5.02 Å². The molecule has 0 unspecified atom stereocenters. The van der Waals surface area contributed by atoms with Crippen LogP contribution >= 0.6 is 11.6 Å². The number of nitrogens with two attached hydrogens (primary N) is 1. The van der Waals surface area contributed by atoms with E-state index in [1.165, 1.54) is 0 Å². The van der Waals surface area contributed by atoms with Crippen molar-refractivity contribution in [3.8, 4) is 11.3 Å². The van der Waals surface area contributed by atoms with Crippen LogP contribution in [-0.4, -0.2) is 52.4 Å². The van der Waals surface area contributed by atoms with Crippen LogP contribution in [0.5, 0.6) is 0 Å². The van der Waals surface area contributed by atoms with Crippen molar-refractivity contribution in [1.29, 1.82) is 0 Å². The molecule has 2 aromatic rings. The molecule has 8 nitrogen and oxygen atoms in total. The Morgan fingerprint density at radius 2 is 2.11 bits per heavy atom. The Kier molecular flexibility index (Phi) is 4.99. The molecule has 28 heavy (non-hydrogen) atoms. The number of primary amides is 1. The van der Waals surface area contributed by atoms with Gasteiger partial charge in [0.25, 0.3) is 5.91 Å². The van der Waals surface area contributed by atoms with Gasteiger partial charge in [-0.25, -0.2) is 4.79 Å². The van der Waals surface area contributed by atoms with Crippen molar-refractivity contribution in [2.24, 2.45) is 5.73 Å². The summed E-state index contributed by atoms with van der Waals surface area (Å²) in [4.78, 5) is 26.5. The first-order chi connectivity index (χ1) is 13.5. The first-order valence-corrected chi connectivity index (χ1v) is 9.57. The molecule has 1 saturated carbocycles. The van der Waals surface area contributed by atoms with Crippen LogP contribution in [0.3, 0.4) is 0 Å². The van der Waals surface area contributed by atoms with Crippen LogP contribution < -0.4 is 11.1 Å². The number of rotatable bonds is 4. The highest BCUT2D eigenvalue weighted by atomic mass is 35.5. The van der Waals surface area contributed by atoms with E-state index in [1.54, 1.807) is 34.9 Å². The normalized spacial score (nSPS) is 21.0. The third-order valence-corrected chi connectivity index (χ3v) is 5.60. The molecule has 1 aromatic carbocycles. The number of nitrogens with one attached hydrogen (secondary N) is 1. The van der Waals surface area contributed by atoms with Crippen molar-refractivity contribution in [3.05, 3.63) is 40.5 Å². The SMILES string of the molecule is CO[C@H]1C[C@H](NC(=O)N2CCn3nc(-c4cccc(Cl)c4)c(C(N)=O)c3C2)C1. The second-order valence-corrected chi connectivity index (χ2v) is 7.60. The van der Waals surface area contributed by atoms with Crippen LogP contribution in [0, 0.1) is 0 Å². The zero-order chi connectivity index (χ0) is 19.8. The molecule has 3 amide bonds. The summed E-state index contributed by atoms with van der Waals surface area (Å²) >= 11 is 6.09. The fourth-order valence-electron chi connectivity index (χ4n) is 3.73. The molecule has 3 N–H and O–H groups in total. The zero-order valence-corrected chi connectivity index (χ0v) is 16.3. The van der Waals surface area contributed by atoms with E-state index in [1.807, 2.05) is 6.07 Å². The summed E-state index contributed by atoms with van der Waals surface area (Å²) in [6.07, 6.45) is 1.86. The number of fused-ring (bicyclic) bond motifs is 1. The number of carbonyl (C=O) groups is 2. The molecule has 2 heterocycles. The molecule has 2 aliphatic rings. The first-order valence-electron chi connectivity index (χ1n) is 9.20. The second-order valence-electron chi connectivity index (χ2n) is 7.17. The van der Waals surface area contributed by atoms with Crippen molar-refractivity contribution >= 4 is 23.5 Å². The molecular weight excluding hydrogens is 382 g/mol. The Labute approximate surface area is 167 Å². The molecule has 0 saturated heterocycles. The predicted molar refractivity (Wildman–Crippen MR) is 104 cm³/mol. The van der Waals surface area contributed by atoms with Gasteiger partial charge in [0, 0.05) is 30.3 Å². The highest BCUT2D eigenvalue weighted by Crippen LogP contribution is 2.30. The minimum Gasteiger partial charge on any atom is -0.381 e. The van der Waals surface area contributed by atoms with Crippen molar-refractivity contribution in [3.63, 3.8) is 0 Å². The Morgan fingerprint density at radius 3 is 2.79 bits per heavy atom. The number of hydrogen-bond acceptors (Lipinski definition) is 4. The number of carbonyl (C=O) groups excluding carboxylic acids is 2. The van der Waals surface area contributed by atoms with E-state index in [-0.39, 0.29) is 24.7 Å². The third kappa shape index (κ3) is 3.45. The van der Waals surface area contributed by atoms with Gasteiger partial charge in [0.1, 0.15) is 5.69 Å². The van der Waals surface area contributed by atoms with Gasteiger partial charge in [-0.05, 0) is 25.0 Å². The summed E-state index contributed by atoms with van der Waals surface area (Å²) < 4.78 is 7.00. The summed E-state index contributed by atoms with van der Waals surface area (Å²) in [6.45, 7) is 1.28. The molecule has 148 valence electrons. The fourth-order valence-corrected chi connectivity index (χ4v) is 3.92. The lowest BCUT2D eigenvalue weighted by atomic mass is 9.89. The van der Waals surface area contributed by atoms with Gasteiger partial charge in [0.05, 0.1) is 30.5 Å². The van der Waals surface area contributed by atoms with E-state index in [2.05, 4.69) is 10.4 Å². The maximum Gasteiger partial charge on any atom is 0.318 e. The van der Waals surface area contributed by atoms with Crippen molar-refractivity contribution in [1.82, 2.24) is 20.0 Å². The smallest absolute Gasteiger partial charge is 0.318 e. The average Bonchev–Trinajstić information content (AvgIpc) is 3.03. The number of methoxy groups -OCH3 is 1. The summed E-state index contributed by atoms with van der Waals surface area (Å²) in [6, 6.07) is 7.11. The molecule has 0 spiro atoms. The lowest BCUT2D eigenvalue weighted by Crippen LogP contribution is -2.53. The standard InChI is InChI=1S/C19H22ClN5O3/c1-28-14-8-13(9-14)22-19(27)24-5-6-25-15(10-24)16(18(21)26)17(23-25)11-3-2-4-12(20)7-11/h2-4,7,13-14H,5-6,8-10H2,1H3,(H2,21,26)(H,22,27)/t13-,14-. The van der Waals surface area contributed by atoms with Gasteiger partial charge in [-0.15, -0.1) is 0 Å². The van der Waals surface area contributed by atoms with Crippen molar-refractivity contribution in [2.45, 2.75) is 38.1 Å². The van der Waals surface area contributed by atoms with Crippen LogP contribution in [0.25, 0.3) is 11.3 Å². The fraction of sp³-hybridized carbons (Fsp3) is 0.421. The second kappa shape index (κ2) is 7.44.